The molecule has 0 radical (unpaired) electrons. The fourth-order valence-corrected chi connectivity index (χ4v) is 3.31. The maximum absolute atomic E-state index is 12.2. The van der Waals surface area contributed by atoms with Crippen LogP contribution in [0.15, 0.2) is 47.7 Å². The van der Waals surface area contributed by atoms with E-state index >= 15 is 0 Å². The Morgan fingerprint density at radius 3 is 2.52 bits per heavy atom. The molecule has 1 aliphatic heterocycles. The summed E-state index contributed by atoms with van der Waals surface area (Å²) in [4.78, 5) is 32.5. The number of anilines is 1. The Hall–Kier alpha value is -2.63. The number of amides is 2. The monoisotopic (exact) mass is 539 g/mol. The molecule has 10 heteroatoms. The average Bonchev–Trinajstić information content (AvgIpc) is 3.24. The number of nitrogens with zero attached hydrogens (tertiary/aromatic N) is 5. The van der Waals surface area contributed by atoms with Gasteiger partial charge in [0.2, 0.25) is 11.8 Å². The molecular weight excluding hydrogens is 509 g/mol. The Morgan fingerprint density at radius 2 is 1.87 bits per heavy atom. The fourth-order valence-electron chi connectivity index (χ4n) is 3.31. The number of rotatable bonds is 6. The zero-order chi connectivity index (χ0) is 21.3. The quantitative estimate of drug-likeness (QED) is 0.332. The van der Waals surface area contributed by atoms with Gasteiger partial charge in [-0.15, -0.1) is 24.0 Å². The predicted octanol–water partition coefficient (Wildman–Crippen LogP) is 1.77. The molecule has 0 unspecified atom stereocenters. The van der Waals surface area contributed by atoms with Gasteiger partial charge in [-0.05, 0) is 30.7 Å². The molecule has 1 aromatic heterocycles. The highest BCUT2D eigenvalue weighted by molar-refractivity contribution is 14.0. The van der Waals surface area contributed by atoms with Gasteiger partial charge >= 0.3 is 0 Å². The van der Waals surface area contributed by atoms with Crippen LogP contribution in [-0.2, 0) is 22.7 Å². The lowest BCUT2D eigenvalue weighted by Gasteiger charge is -2.36. The highest BCUT2D eigenvalue weighted by atomic mass is 127. The van der Waals surface area contributed by atoms with E-state index in [1.165, 1.54) is 0 Å². The van der Waals surface area contributed by atoms with Gasteiger partial charge in [-0.2, -0.15) is 5.10 Å². The first-order chi connectivity index (χ1) is 14.5. The number of hydrogen-bond acceptors (Lipinski definition) is 4. The molecule has 2 aromatic rings. The van der Waals surface area contributed by atoms with Gasteiger partial charge in [0.1, 0.15) is 6.54 Å². The minimum Gasteiger partial charge on any atom is -0.357 e. The van der Waals surface area contributed by atoms with Crippen molar-refractivity contribution in [2.75, 3.05) is 38.0 Å². The van der Waals surface area contributed by atoms with E-state index in [1.807, 2.05) is 36.1 Å². The smallest absolute Gasteiger partial charge is 0.246 e. The standard InChI is InChI=1S/C21H29N7O2.HI/c1-3-22-21(27-12-10-26(11-13-27)17(2)29)23-15-18-6-4-7-19(14-18)25-20(30)16-28-9-5-8-24-28;/h4-9,14H,3,10-13,15-16H2,1-2H3,(H,22,23)(H,25,30);1H. The van der Waals surface area contributed by atoms with E-state index in [0.29, 0.717) is 19.6 Å². The lowest BCUT2D eigenvalue weighted by atomic mass is 10.2. The lowest BCUT2D eigenvalue weighted by Crippen LogP contribution is -2.53. The largest absolute Gasteiger partial charge is 0.357 e. The minimum atomic E-state index is -0.129. The number of benzene rings is 1. The van der Waals surface area contributed by atoms with Crippen molar-refractivity contribution in [3.8, 4) is 0 Å². The van der Waals surface area contributed by atoms with E-state index in [9.17, 15) is 9.59 Å². The van der Waals surface area contributed by atoms with E-state index < -0.39 is 0 Å². The zero-order valence-corrected chi connectivity index (χ0v) is 20.3. The van der Waals surface area contributed by atoms with Crippen molar-refractivity contribution in [1.29, 1.82) is 0 Å². The highest BCUT2D eigenvalue weighted by Crippen LogP contribution is 2.12. The minimum absolute atomic E-state index is 0. The summed E-state index contributed by atoms with van der Waals surface area (Å²) in [5, 5.41) is 10.3. The number of hydrogen-bond donors (Lipinski definition) is 2. The molecule has 3 rings (SSSR count). The topological polar surface area (TPSA) is 94.9 Å². The van der Waals surface area contributed by atoms with E-state index in [-0.39, 0.29) is 42.3 Å². The van der Waals surface area contributed by atoms with Crippen LogP contribution in [0.3, 0.4) is 0 Å². The van der Waals surface area contributed by atoms with Crippen molar-refractivity contribution in [2.24, 2.45) is 4.99 Å². The van der Waals surface area contributed by atoms with Crippen molar-refractivity contribution in [3.05, 3.63) is 48.3 Å². The molecule has 168 valence electrons. The molecule has 1 aliphatic rings. The number of nitrogens with one attached hydrogen (secondary N) is 2. The normalized spacial score (nSPS) is 14.1. The third-order valence-corrected chi connectivity index (χ3v) is 4.85. The summed E-state index contributed by atoms with van der Waals surface area (Å²) in [7, 11) is 0. The molecule has 1 aromatic carbocycles. The first kappa shape index (κ1) is 24.6. The van der Waals surface area contributed by atoms with E-state index in [0.717, 1.165) is 36.8 Å². The molecule has 2 heterocycles. The number of halogens is 1. The number of piperazine rings is 1. The third-order valence-electron chi connectivity index (χ3n) is 4.85. The molecular formula is C21H30IN7O2. The van der Waals surface area contributed by atoms with Crippen molar-refractivity contribution < 1.29 is 9.59 Å². The van der Waals surface area contributed by atoms with Crippen molar-refractivity contribution in [2.45, 2.75) is 26.9 Å². The molecule has 2 amide bonds. The van der Waals surface area contributed by atoms with Crippen LogP contribution in [0, 0.1) is 0 Å². The predicted molar refractivity (Wildman–Crippen MR) is 131 cm³/mol. The first-order valence-corrected chi connectivity index (χ1v) is 10.2. The van der Waals surface area contributed by atoms with Crippen molar-refractivity contribution in [3.63, 3.8) is 0 Å². The zero-order valence-electron chi connectivity index (χ0n) is 18.0. The van der Waals surface area contributed by atoms with Crippen LogP contribution in [0.2, 0.25) is 0 Å². The van der Waals surface area contributed by atoms with Crippen LogP contribution in [0.5, 0.6) is 0 Å². The summed E-state index contributed by atoms with van der Waals surface area (Å²) in [6.07, 6.45) is 3.40. The molecule has 9 nitrogen and oxygen atoms in total. The molecule has 31 heavy (non-hydrogen) atoms. The molecule has 0 bridgehead atoms. The summed E-state index contributed by atoms with van der Waals surface area (Å²) >= 11 is 0. The Balaban J connectivity index is 0.00000341. The van der Waals surface area contributed by atoms with Crippen LogP contribution in [0.25, 0.3) is 0 Å². The molecule has 1 saturated heterocycles. The van der Waals surface area contributed by atoms with Crippen LogP contribution in [0.1, 0.15) is 19.4 Å². The maximum atomic E-state index is 12.2. The van der Waals surface area contributed by atoms with Crippen LogP contribution < -0.4 is 10.6 Å². The first-order valence-electron chi connectivity index (χ1n) is 10.2. The number of aromatic nitrogens is 2. The molecule has 0 saturated carbocycles. The van der Waals surface area contributed by atoms with Gasteiger partial charge in [0.15, 0.2) is 5.96 Å². The van der Waals surface area contributed by atoms with Gasteiger partial charge in [-0.3, -0.25) is 14.3 Å². The van der Waals surface area contributed by atoms with Gasteiger partial charge in [-0.1, -0.05) is 12.1 Å². The van der Waals surface area contributed by atoms with Gasteiger partial charge < -0.3 is 20.4 Å². The Morgan fingerprint density at radius 1 is 1.13 bits per heavy atom. The molecule has 0 aliphatic carbocycles. The van der Waals surface area contributed by atoms with Crippen molar-refractivity contribution >= 4 is 47.4 Å². The van der Waals surface area contributed by atoms with E-state index in [4.69, 9.17) is 4.99 Å². The number of carbonyl (C=O) groups excluding carboxylic acids is 2. The van der Waals surface area contributed by atoms with E-state index in [2.05, 4.69) is 20.6 Å². The average molecular weight is 539 g/mol. The second kappa shape index (κ2) is 12.3. The molecule has 0 atom stereocenters. The van der Waals surface area contributed by atoms with Gasteiger partial charge in [-0.25, -0.2) is 4.99 Å². The summed E-state index contributed by atoms with van der Waals surface area (Å²) in [6.45, 7) is 8.02. The summed E-state index contributed by atoms with van der Waals surface area (Å²) in [5.41, 5.74) is 1.74. The van der Waals surface area contributed by atoms with Crippen LogP contribution in [-0.4, -0.2) is 70.1 Å². The van der Waals surface area contributed by atoms with E-state index in [1.54, 1.807) is 30.1 Å². The Kier molecular flexibility index (Phi) is 9.76. The third kappa shape index (κ3) is 7.53. The Bertz CT molecular complexity index is 878. The van der Waals surface area contributed by atoms with Crippen LogP contribution in [0.4, 0.5) is 5.69 Å². The molecule has 1 fully saturated rings. The fraction of sp³-hybridized carbons (Fsp3) is 0.429. The summed E-state index contributed by atoms with van der Waals surface area (Å²) < 4.78 is 1.58. The number of guanidine groups is 1. The van der Waals surface area contributed by atoms with Gasteiger partial charge in [0.05, 0.1) is 6.54 Å². The highest BCUT2D eigenvalue weighted by Gasteiger charge is 2.20. The maximum Gasteiger partial charge on any atom is 0.246 e. The molecule has 0 spiro atoms. The SMILES string of the molecule is CCNC(=NCc1cccc(NC(=O)Cn2cccn2)c1)N1CCN(C(C)=O)CC1.I. The summed E-state index contributed by atoms with van der Waals surface area (Å²) in [5.74, 6) is 0.827. The number of carbonyl (C=O) groups is 2. The second-order valence-corrected chi connectivity index (χ2v) is 7.12. The molecule has 2 N–H and O–H groups in total. The van der Waals surface area contributed by atoms with Crippen molar-refractivity contribution in [1.82, 2.24) is 24.9 Å². The Labute approximate surface area is 199 Å². The second-order valence-electron chi connectivity index (χ2n) is 7.12. The lowest BCUT2D eigenvalue weighted by molar-refractivity contribution is -0.130. The van der Waals surface area contributed by atoms with Gasteiger partial charge in [0.25, 0.3) is 0 Å². The van der Waals surface area contributed by atoms with Gasteiger partial charge in [0, 0.05) is 57.7 Å². The van der Waals surface area contributed by atoms with Crippen LogP contribution >= 0.6 is 24.0 Å². The summed E-state index contributed by atoms with van der Waals surface area (Å²) in [6, 6.07) is 9.48. The number of aliphatic imine (C=N–C) groups is 1.